The molecule has 1 amide bonds. The van der Waals surface area contributed by atoms with E-state index in [9.17, 15) is 4.79 Å². The van der Waals surface area contributed by atoms with Crippen LogP contribution in [0.25, 0.3) is 10.9 Å². The third-order valence-electron chi connectivity index (χ3n) is 3.04. The summed E-state index contributed by atoms with van der Waals surface area (Å²) in [4.78, 5) is 23.5. The molecule has 3 rings (SSSR count). The van der Waals surface area contributed by atoms with Crippen LogP contribution in [0.15, 0.2) is 42.6 Å². The number of nitrogens with one attached hydrogen (secondary N) is 2. The Morgan fingerprint density at radius 3 is 2.95 bits per heavy atom. The molecule has 0 saturated carbocycles. The molecule has 0 aliphatic heterocycles. The number of H-pyrrole nitrogens is 1. The summed E-state index contributed by atoms with van der Waals surface area (Å²) in [5, 5.41) is 3.87. The van der Waals surface area contributed by atoms with Gasteiger partial charge in [0.25, 0.3) is 5.91 Å². The molecule has 5 heteroatoms. The van der Waals surface area contributed by atoms with E-state index in [0.29, 0.717) is 18.1 Å². The predicted molar refractivity (Wildman–Crippen MR) is 76.2 cm³/mol. The van der Waals surface area contributed by atoms with Gasteiger partial charge in [-0.3, -0.25) is 4.79 Å². The Bertz CT molecular complexity index is 730. The summed E-state index contributed by atoms with van der Waals surface area (Å²) in [6.45, 7) is 2.21. The lowest BCUT2D eigenvalue weighted by Crippen LogP contribution is -2.23. The molecule has 0 fully saturated rings. The van der Waals surface area contributed by atoms with Gasteiger partial charge < -0.3 is 10.3 Å². The van der Waals surface area contributed by atoms with E-state index in [1.165, 1.54) is 0 Å². The number of aryl methyl sites for hydroxylation is 1. The first kappa shape index (κ1) is 12.3. The summed E-state index contributed by atoms with van der Waals surface area (Å²) in [6, 6.07) is 11.4. The molecule has 0 aliphatic rings. The van der Waals surface area contributed by atoms with Gasteiger partial charge in [-0.1, -0.05) is 18.2 Å². The van der Waals surface area contributed by atoms with Gasteiger partial charge >= 0.3 is 0 Å². The van der Waals surface area contributed by atoms with Crippen molar-refractivity contribution in [2.75, 3.05) is 0 Å². The predicted octanol–water partition coefficient (Wildman–Crippen LogP) is 2.20. The molecule has 0 saturated heterocycles. The van der Waals surface area contributed by atoms with Gasteiger partial charge in [0, 0.05) is 17.1 Å². The van der Waals surface area contributed by atoms with Crippen LogP contribution in [0.4, 0.5) is 0 Å². The zero-order chi connectivity index (χ0) is 13.9. The fourth-order valence-corrected chi connectivity index (χ4v) is 2.07. The number of carbonyl (C=O) groups is 1. The van der Waals surface area contributed by atoms with Crippen LogP contribution >= 0.6 is 0 Å². The number of hydrogen-bond donors (Lipinski definition) is 2. The van der Waals surface area contributed by atoms with Crippen LogP contribution in [-0.4, -0.2) is 20.9 Å². The number of benzene rings is 1. The molecule has 0 aliphatic carbocycles. The molecule has 0 unspecified atom stereocenters. The van der Waals surface area contributed by atoms with Gasteiger partial charge in [0.2, 0.25) is 0 Å². The zero-order valence-corrected chi connectivity index (χ0v) is 11.1. The maximum Gasteiger partial charge on any atom is 0.268 e. The smallest absolute Gasteiger partial charge is 0.268 e. The van der Waals surface area contributed by atoms with Gasteiger partial charge in [0.05, 0.1) is 12.2 Å². The summed E-state index contributed by atoms with van der Waals surface area (Å²) in [5.74, 6) is 0.555. The van der Waals surface area contributed by atoms with Crippen LogP contribution in [-0.2, 0) is 6.54 Å². The molecule has 20 heavy (non-hydrogen) atoms. The van der Waals surface area contributed by atoms with Crippen LogP contribution in [0.3, 0.4) is 0 Å². The van der Waals surface area contributed by atoms with Crippen molar-refractivity contribution in [3.05, 3.63) is 59.8 Å². The summed E-state index contributed by atoms with van der Waals surface area (Å²) in [7, 11) is 0. The lowest BCUT2D eigenvalue weighted by atomic mass is 10.2. The summed E-state index contributed by atoms with van der Waals surface area (Å²) in [6.07, 6.45) is 1.69. The Balaban J connectivity index is 1.73. The highest BCUT2D eigenvalue weighted by Crippen LogP contribution is 2.14. The molecule has 0 bridgehead atoms. The van der Waals surface area contributed by atoms with Crippen molar-refractivity contribution in [1.29, 1.82) is 0 Å². The number of nitrogens with zero attached hydrogens (tertiary/aromatic N) is 2. The molecule has 0 atom stereocenters. The van der Waals surface area contributed by atoms with Gasteiger partial charge in [0.15, 0.2) is 0 Å². The number of rotatable bonds is 3. The fourth-order valence-electron chi connectivity index (χ4n) is 2.07. The normalized spacial score (nSPS) is 10.7. The number of hydrogen-bond acceptors (Lipinski definition) is 3. The second-order valence-corrected chi connectivity index (χ2v) is 4.55. The number of carbonyl (C=O) groups excluding carboxylic acids is 1. The van der Waals surface area contributed by atoms with E-state index in [4.69, 9.17) is 0 Å². The molecule has 1 aromatic carbocycles. The highest BCUT2D eigenvalue weighted by Gasteiger charge is 2.09. The second-order valence-electron chi connectivity index (χ2n) is 4.55. The van der Waals surface area contributed by atoms with Gasteiger partial charge in [-0.15, -0.1) is 0 Å². The number of aromatic amines is 1. The molecular weight excluding hydrogens is 252 g/mol. The minimum absolute atomic E-state index is 0.141. The topological polar surface area (TPSA) is 70.7 Å². The number of fused-ring (bicyclic) bond motifs is 1. The Hall–Kier alpha value is -2.69. The largest absolute Gasteiger partial charge is 0.351 e. The van der Waals surface area contributed by atoms with E-state index >= 15 is 0 Å². The molecule has 2 N–H and O–H groups in total. The monoisotopic (exact) mass is 266 g/mol. The van der Waals surface area contributed by atoms with Crippen molar-refractivity contribution in [2.24, 2.45) is 0 Å². The van der Waals surface area contributed by atoms with Crippen LogP contribution < -0.4 is 5.32 Å². The van der Waals surface area contributed by atoms with Crippen molar-refractivity contribution >= 4 is 16.8 Å². The Labute approximate surface area is 116 Å². The minimum Gasteiger partial charge on any atom is -0.351 e. The molecule has 3 aromatic rings. The number of aromatic nitrogens is 3. The molecule has 2 heterocycles. The average molecular weight is 266 g/mol. The first-order valence-electron chi connectivity index (χ1n) is 6.37. The third kappa shape index (κ3) is 2.51. The van der Waals surface area contributed by atoms with Crippen molar-refractivity contribution in [3.63, 3.8) is 0 Å². The summed E-state index contributed by atoms with van der Waals surface area (Å²) in [5.41, 5.74) is 2.30. The quantitative estimate of drug-likeness (QED) is 0.763. The lowest BCUT2D eigenvalue weighted by Gasteiger charge is -2.03. The van der Waals surface area contributed by atoms with Crippen LogP contribution in [0.5, 0.6) is 0 Å². The summed E-state index contributed by atoms with van der Waals surface area (Å²) >= 11 is 0. The second kappa shape index (κ2) is 5.13. The molecule has 100 valence electrons. The van der Waals surface area contributed by atoms with Gasteiger partial charge in [0.1, 0.15) is 11.5 Å². The Morgan fingerprint density at radius 1 is 1.30 bits per heavy atom. The van der Waals surface area contributed by atoms with Crippen LogP contribution in [0.1, 0.15) is 22.0 Å². The van der Waals surface area contributed by atoms with Gasteiger partial charge in [-0.25, -0.2) is 9.97 Å². The number of amides is 1. The maximum absolute atomic E-state index is 12.1. The maximum atomic E-state index is 12.1. The SMILES string of the molecule is Cc1nccc(CNC(=O)c2cc3ccccc3[nH]2)n1. The molecule has 5 nitrogen and oxygen atoms in total. The Kier molecular flexibility index (Phi) is 3.16. The lowest BCUT2D eigenvalue weighted by molar-refractivity contribution is 0.0946. The van der Waals surface area contributed by atoms with E-state index in [-0.39, 0.29) is 5.91 Å². The molecule has 2 aromatic heterocycles. The fraction of sp³-hybridized carbons (Fsp3) is 0.133. The summed E-state index contributed by atoms with van der Waals surface area (Å²) < 4.78 is 0. The highest BCUT2D eigenvalue weighted by atomic mass is 16.1. The molecule has 0 radical (unpaired) electrons. The zero-order valence-electron chi connectivity index (χ0n) is 11.1. The van der Waals surface area contributed by atoms with Gasteiger partial charge in [-0.2, -0.15) is 0 Å². The van der Waals surface area contributed by atoms with E-state index in [0.717, 1.165) is 16.6 Å². The van der Waals surface area contributed by atoms with Crippen molar-refractivity contribution < 1.29 is 4.79 Å². The van der Waals surface area contributed by atoms with Crippen molar-refractivity contribution in [3.8, 4) is 0 Å². The Morgan fingerprint density at radius 2 is 2.15 bits per heavy atom. The molecule has 0 spiro atoms. The van der Waals surface area contributed by atoms with E-state index in [2.05, 4.69) is 20.3 Å². The highest BCUT2D eigenvalue weighted by molar-refractivity contribution is 5.97. The van der Waals surface area contributed by atoms with Crippen molar-refractivity contribution in [1.82, 2.24) is 20.3 Å². The average Bonchev–Trinajstić information content (AvgIpc) is 2.89. The van der Waals surface area contributed by atoms with E-state index in [1.54, 1.807) is 12.3 Å². The van der Waals surface area contributed by atoms with Gasteiger partial charge in [-0.05, 0) is 25.1 Å². The third-order valence-corrected chi connectivity index (χ3v) is 3.04. The first-order chi connectivity index (χ1) is 9.72. The standard InChI is InChI=1S/C15H14N4O/c1-10-16-7-6-12(18-10)9-17-15(20)14-8-11-4-2-3-5-13(11)19-14/h2-8,19H,9H2,1H3,(H,17,20). The first-order valence-corrected chi connectivity index (χ1v) is 6.37. The number of para-hydroxylation sites is 1. The molecular formula is C15H14N4O. The van der Waals surface area contributed by atoms with Crippen molar-refractivity contribution in [2.45, 2.75) is 13.5 Å². The minimum atomic E-state index is -0.141. The van der Waals surface area contributed by atoms with E-state index < -0.39 is 0 Å². The van der Waals surface area contributed by atoms with Crippen LogP contribution in [0, 0.1) is 6.92 Å². The van der Waals surface area contributed by atoms with Crippen LogP contribution in [0.2, 0.25) is 0 Å². The van der Waals surface area contributed by atoms with E-state index in [1.807, 2.05) is 37.3 Å².